The SMILES string of the molecule is CN1CN(c2cc(Sc3ccc4c5ccccc5n(-c5ccccn5)c4c3)cc(C(C)(C)C)c2)c2ccccc21. The molecule has 5 heteroatoms. The largest absolute Gasteiger partial charge is 0.355 e. The molecule has 0 fully saturated rings. The number of hydrogen-bond donors (Lipinski definition) is 0. The van der Waals surface area contributed by atoms with Gasteiger partial charge in [-0.05, 0) is 71.6 Å². The number of para-hydroxylation sites is 3. The Balaban J connectivity index is 1.34. The molecule has 0 N–H and O–H groups in total. The van der Waals surface area contributed by atoms with Gasteiger partial charge in [0.25, 0.3) is 0 Å². The van der Waals surface area contributed by atoms with E-state index in [0.29, 0.717) is 0 Å². The minimum absolute atomic E-state index is 0.0336. The fourth-order valence-electron chi connectivity index (χ4n) is 5.71. The molecule has 1 aliphatic heterocycles. The Hall–Kier alpha value is -4.22. The summed E-state index contributed by atoms with van der Waals surface area (Å²) in [6.07, 6.45) is 1.86. The minimum Gasteiger partial charge on any atom is -0.355 e. The molecule has 4 aromatic carbocycles. The van der Waals surface area contributed by atoms with E-state index in [9.17, 15) is 0 Å². The molecule has 198 valence electrons. The quantitative estimate of drug-likeness (QED) is 0.222. The number of fused-ring (bicyclic) bond motifs is 4. The summed E-state index contributed by atoms with van der Waals surface area (Å²) in [6.45, 7) is 7.72. The fourth-order valence-corrected chi connectivity index (χ4v) is 6.66. The first-order chi connectivity index (χ1) is 19.4. The van der Waals surface area contributed by atoms with Crippen molar-refractivity contribution in [2.75, 3.05) is 23.5 Å². The smallest absolute Gasteiger partial charge is 0.137 e. The van der Waals surface area contributed by atoms with Crippen molar-refractivity contribution in [1.82, 2.24) is 9.55 Å². The molecule has 0 saturated heterocycles. The summed E-state index contributed by atoms with van der Waals surface area (Å²) in [4.78, 5) is 11.9. The lowest BCUT2D eigenvalue weighted by molar-refractivity contribution is 0.588. The third-order valence-corrected chi connectivity index (χ3v) is 8.73. The van der Waals surface area contributed by atoms with Gasteiger partial charge in [0, 0.05) is 39.5 Å². The predicted molar refractivity (Wildman–Crippen MR) is 170 cm³/mol. The van der Waals surface area contributed by atoms with Crippen LogP contribution in [0.3, 0.4) is 0 Å². The van der Waals surface area contributed by atoms with Crippen LogP contribution in [-0.2, 0) is 5.41 Å². The molecule has 0 saturated carbocycles. The van der Waals surface area contributed by atoms with Gasteiger partial charge in [0.15, 0.2) is 0 Å². The Kier molecular flexibility index (Phi) is 5.86. The van der Waals surface area contributed by atoms with Gasteiger partial charge >= 0.3 is 0 Å². The normalized spacial score (nSPS) is 13.4. The van der Waals surface area contributed by atoms with Crippen LogP contribution in [0, 0.1) is 0 Å². The molecule has 4 nitrogen and oxygen atoms in total. The van der Waals surface area contributed by atoms with Crippen LogP contribution < -0.4 is 9.80 Å². The van der Waals surface area contributed by atoms with Crippen molar-refractivity contribution in [2.24, 2.45) is 0 Å². The van der Waals surface area contributed by atoms with E-state index < -0.39 is 0 Å². The molecule has 0 spiro atoms. The van der Waals surface area contributed by atoms with Gasteiger partial charge in [0.2, 0.25) is 0 Å². The molecule has 7 rings (SSSR count). The Morgan fingerprint density at radius 2 is 1.45 bits per heavy atom. The van der Waals surface area contributed by atoms with Crippen LogP contribution in [0.1, 0.15) is 26.3 Å². The zero-order valence-electron chi connectivity index (χ0n) is 23.3. The number of rotatable bonds is 4. The van der Waals surface area contributed by atoms with Crippen molar-refractivity contribution >= 4 is 50.6 Å². The van der Waals surface area contributed by atoms with Gasteiger partial charge < -0.3 is 9.80 Å². The lowest BCUT2D eigenvalue weighted by Gasteiger charge is -2.25. The number of nitrogens with zero attached hydrogens (tertiary/aromatic N) is 4. The van der Waals surface area contributed by atoms with E-state index in [4.69, 9.17) is 4.98 Å². The third kappa shape index (κ3) is 4.22. The predicted octanol–water partition coefficient (Wildman–Crippen LogP) is 9.17. The molecule has 0 aliphatic carbocycles. The van der Waals surface area contributed by atoms with Gasteiger partial charge in [-0.1, -0.05) is 75.0 Å². The Morgan fingerprint density at radius 3 is 2.25 bits per heavy atom. The second kappa shape index (κ2) is 9.46. The third-order valence-electron chi connectivity index (χ3n) is 7.77. The molecule has 0 amide bonds. The Labute approximate surface area is 239 Å². The summed E-state index contributed by atoms with van der Waals surface area (Å²) < 4.78 is 2.28. The second-order valence-corrected chi connectivity index (χ2v) is 12.7. The second-order valence-electron chi connectivity index (χ2n) is 11.5. The van der Waals surface area contributed by atoms with Crippen molar-refractivity contribution in [1.29, 1.82) is 0 Å². The number of hydrogen-bond acceptors (Lipinski definition) is 4. The van der Waals surface area contributed by atoms with E-state index in [1.807, 2.05) is 24.0 Å². The average molecular weight is 541 g/mol. The molecule has 0 radical (unpaired) electrons. The maximum absolute atomic E-state index is 4.70. The number of anilines is 3. The van der Waals surface area contributed by atoms with Crippen LogP contribution in [0.2, 0.25) is 0 Å². The van der Waals surface area contributed by atoms with Crippen LogP contribution in [0.15, 0.2) is 119 Å². The molecule has 3 heterocycles. The molecule has 1 aliphatic rings. The van der Waals surface area contributed by atoms with Gasteiger partial charge in [-0.15, -0.1) is 0 Å². The average Bonchev–Trinajstić information content (AvgIpc) is 3.47. The first kappa shape index (κ1) is 24.8. The van der Waals surface area contributed by atoms with E-state index >= 15 is 0 Å². The van der Waals surface area contributed by atoms with E-state index in [0.717, 1.165) is 12.5 Å². The highest BCUT2D eigenvalue weighted by molar-refractivity contribution is 7.99. The summed E-state index contributed by atoms with van der Waals surface area (Å²) in [5.74, 6) is 0.935. The molecule has 0 unspecified atom stereocenters. The number of benzene rings is 4. The molecular weight excluding hydrogens is 508 g/mol. The standard InChI is InChI=1S/C35H32N4S/c1-35(2,3)24-19-25(38-23-37(4)31-13-7-8-14-32(31)38)21-27(20-24)40-26-16-17-29-28-11-5-6-12-30(28)39(33(29)22-26)34-15-9-10-18-36-34/h5-22H,23H2,1-4H3. The highest BCUT2D eigenvalue weighted by Crippen LogP contribution is 2.43. The van der Waals surface area contributed by atoms with Crippen LogP contribution in [-0.4, -0.2) is 23.3 Å². The van der Waals surface area contributed by atoms with Crippen LogP contribution in [0.25, 0.3) is 27.6 Å². The fraction of sp³-hybridized carbons (Fsp3) is 0.171. The van der Waals surface area contributed by atoms with Gasteiger partial charge in [-0.25, -0.2) is 4.98 Å². The van der Waals surface area contributed by atoms with Crippen molar-refractivity contribution in [3.8, 4) is 5.82 Å². The molecule has 0 bridgehead atoms. The van der Waals surface area contributed by atoms with Crippen LogP contribution in [0.4, 0.5) is 17.1 Å². The van der Waals surface area contributed by atoms with Crippen LogP contribution >= 0.6 is 11.8 Å². The van der Waals surface area contributed by atoms with E-state index in [-0.39, 0.29) is 5.41 Å². The Morgan fingerprint density at radius 1 is 0.700 bits per heavy atom. The van der Waals surface area contributed by atoms with Gasteiger partial charge in [0.1, 0.15) is 5.82 Å². The van der Waals surface area contributed by atoms with E-state index in [1.165, 1.54) is 54.2 Å². The maximum Gasteiger partial charge on any atom is 0.137 e. The first-order valence-corrected chi connectivity index (χ1v) is 14.5. The summed E-state index contributed by atoms with van der Waals surface area (Å²) >= 11 is 1.83. The van der Waals surface area contributed by atoms with Crippen molar-refractivity contribution < 1.29 is 0 Å². The molecule has 6 aromatic rings. The molecule has 2 aromatic heterocycles. The first-order valence-electron chi connectivity index (χ1n) is 13.7. The number of aromatic nitrogens is 2. The lowest BCUT2D eigenvalue weighted by Crippen LogP contribution is -2.24. The summed E-state index contributed by atoms with van der Waals surface area (Å²) in [5.41, 5.74) is 7.48. The van der Waals surface area contributed by atoms with Crippen molar-refractivity contribution in [3.05, 3.63) is 115 Å². The summed E-state index contributed by atoms with van der Waals surface area (Å²) in [6, 6.07) is 37.3. The van der Waals surface area contributed by atoms with Gasteiger partial charge in [-0.2, -0.15) is 0 Å². The van der Waals surface area contributed by atoms with Crippen molar-refractivity contribution in [3.63, 3.8) is 0 Å². The summed E-state index contributed by atoms with van der Waals surface area (Å²) in [5, 5.41) is 2.49. The molecule has 0 atom stereocenters. The Bertz CT molecular complexity index is 1870. The zero-order valence-corrected chi connectivity index (χ0v) is 24.1. The molecular formula is C35H32N4S. The highest BCUT2D eigenvalue weighted by Gasteiger charge is 2.26. The monoisotopic (exact) mass is 540 g/mol. The highest BCUT2D eigenvalue weighted by atomic mass is 32.2. The molecule has 40 heavy (non-hydrogen) atoms. The number of pyridine rings is 1. The maximum atomic E-state index is 4.70. The van der Waals surface area contributed by atoms with Crippen LogP contribution in [0.5, 0.6) is 0 Å². The lowest BCUT2D eigenvalue weighted by atomic mass is 9.87. The van der Waals surface area contributed by atoms with E-state index in [1.54, 1.807) is 0 Å². The topological polar surface area (TPSA) is 24.3 Å². The van der Waals surface area contributed by atoms with Gasteiger partial charge in [-0.3, -0.25) is 4.57 Å². The summed E-state index contributed by atoms with van der Waals surface area (Å²) in [7, 11) is 2.16. The van der Waals surface area contributed by atoms with E-state index in [2.05, 4.69) is 139 Å². The van der Waals surface area contributed by atoms with Crippen molar-refractivity contribution in [2.45, 2.75) is 36.0 Å². The zero-order chi connectivity index (χ0) is 27.4. The van der Waals surface area contributed by atoms with Gasteiger partial charge in [0.05, 0.1) is 29.1 Å². The minimum atomic E-state index is 0.0336.